The molecule has 2 amide bonds. The van der Waals surface area contributed by atoms with E-state index in [0.29, 0.717) is 0 Å². The van der Waals surface area contributed by atoms with Crippen LogP contribution in [-0.2, 0) is 9.53 Å². The molecular formula is C22H30FN3O5. The van der Waals surface area contributed by atoms with Crippen LogP contribution in [0.25, 0.3) is 0 Å². The number of halogens is 1. The first-order valence-electron chi connectivity index (χ1n) is 10.1. The number of guanidine groups is 1. The summed E-state index contributed by atoms with van der Waals surface area (Å²) in [5, 5.41) is 11.8. The van der Waals surface area contributed by atoms with Crippen LogP contribution >= 0.6 is 0 Å². The molecule has 2 rings (SSSR count). The Morgan fingerprint density at radius 2 is 1.87 bits per heavy atom. The molecule has 31 heavy (non-hydrogen) atoms. The summed E-state index contributed by atoms with van der Waals surface area (Å²) in [5.74, 6) is -2.37. The molecule has 0 aromatic heterocycles. The highest BCUT2D eigenvalue weighted by Gasteiger charge is 2.42. The molecule has 9 heteroatoms. The first kappa shape index (κ1) is 24.3. The van der Waals surface area contributed by atoms with E-state index in [0.717, 1.165) is 12.1 Å². The van der Waals surface area contributed by atoms with Crippen molar-refractivity contribution >= 4 is 23.9 Å². The summed E-state index contributed by atoms with van der Waals surface area (Å²) < 4.78 is 19.3. The van der Waals surface area contributed by atoms with Gasteiger partial charge >= 0.3 is 12.1 Å². The Hall–Kier alpha value is -2.97. The van der Waals surface area contributed by atoms with Gasteiger partial charge in [-0.05, 0) is 64.3 Å². The normalized spacial score (nSPS) is 20.4. The lowest BCUT2D eigenvalue weighted by atomic mass is 9.84. The number of carbonyl (C=O) groups excluding carboxylic acids is 2. The maximum Gasteiger partial charge on any atom is 0.414 e. The number of hydrogen-bond acceptors (Lipinski definition) is 5. The summed E-state index contributed by atoms with van der Waals surface area (Å²) in [4.78, 5) is 42.8. The molecule has 0 aliphatic carbocycles. The van der Waals surface area contributed by atoms with Gasteiger partial charge in [0.2, 0.25) is 11.9 Å². The van der Waals surface area contributed by atoms with E-state index >= 15 is 0 Å². The minimum Gasteiger partial charge on any atom is -0.478 e. The number of amides is 2. The molecular weight excluding hydrogens is 405 g/mol. The van der Waals surface area contributed by atoms with E-state index in [9.17, 15) is 23.9 Å². The van der Waals surface area contributed by atoms with Crippen molar-refractivity contribution in [3.63, 3.8) is 0 Å². The number of hydrogen-bond donors (Lipinski definition) is 2. The molecule has 0 saturated heterocycles. The van der Waals surface area contributed by atoms with Crippen LogP contribution in [0.5, 0.6) is 0 Å². The number of aromatic carboxylic acids is 1. The van der Waals surface area contributed by atoms with Crippen molar-refractivity contribution < 1.29 is 28.6 Å². The monoisotopic (exact) mass is 435 g/mol. The molecule has 1 aromatic carbocycles. The number of rotatable bonds is 4. The number of carbonyl (C=O) groups is 3. The third kappa shape index (κ3) is 5.80. The maximum atomic E-state index is 14.0. The highest BCUT2D eigenvalue weighted by Crippen LogP contribution is 2.34. The van der Waals surface area contributed by atoms with Gasteiger partial charge in [0, 0.05) is 0 Å². The lowest BCUT2D eigenvalue weighted by Crippen LogP contribution is -2.56. The van der Waals surface area contributed by atoms with Crippen molar-refractivity contribution in [1.29, 1.82) is 0 Å². The Labute approximate surface area is 181 Å². The van der Waals surface area contributed by atoms with Crippen LogP contribution in [0.15, 0.2) is 23.2 Å². The number of aliphatic imine (C=N–C) groups is 1. The minimum atomic E-state index is -1.29. The zero-order valence-electron chi connectivity index (χ0n) is 18.9. The summed E-state index contributed by atoms with van der Waals surface area (Å²) in [7, 11) is 0. The van der Waals surface area contributed by atoms with Gasteiger partial charge in [-0.2, -0.15) is 0 Å². The fourth-order valence-corrected chi connectivity index (χ4v) is 3.19. The van der Waals surface area contributed by atoms with Crippen LogP contribution in [-0.4, -0.2) is 45.1 Å². The fraction of sp³-hybridized carbons (Fsp3) is 0.545. The second-order valence-corrected chi connectivity index (χ2v) is 9.27. The predicted molar refractivity (Wildman–Crippen MR) is 113 cm³/mol. The van der Waals surface area contributed by atoms with Gasteiger partial charge in [0.15, 0.2) is 0 Å². The molecule has 170 valence electrons. The van der Waals surface area contributed by atoms with Gasteiger partial charge in [-0.1, -0.05) is 13.8 Å². The second kappa shape index (κ2) is 8.64. The Morgan fingerprint density at radius 1 is 1.26 bits per heavy atom. The van der Waals surface area contributed by atoms with Crippen LogP contribution in [0, 0.1) is 11.7 Å². The molecule has 0 radical (unpaired) electrons. The molecule has 2 atom stereocenters. The van der Waals surface area contributed by atoms with Crippen LogP contribution in [0.2, 0.25) is 0 Å². The van der Waals surface area contributed by atoms with Gasteiger partial charge < -0.3 is 9.84 Å². The molecule has 2 N–H and O–H groups in total. The van der Waals surface area contributed by atoms with E-state index in [2.05, 4.69) is 10.3 Å². The first-order valence-corrected chi connectivity index (χ1v) is 10.1. The third-order valence-electron chi connectivity index (χ3n) is 5.26. The molecule has 2 unspecified atom stereocenters. The van der Waals surface area contributed by atoms with Gasteiger partial charge in [-0.15, -0.1) is 0 Å². The van der Waals surface area contributed by atoms with Crippen molar-refractivity contribution in [2.75, 3.05) is 0 Å². The van der Waals surface area contributed by atoms with Crippen LogP contribution in [0.3, 0.4) is 0 Å². The highest BCUT2D eigenvalue weighted by molar-refractivity contribution is 6.05. The van der Waals surface area contributed by atoms with E-state index in [-0.39, 0.29) is 35.3 Å². The average molecular weight is 435 g/mol. The Morgan fingerprint density at radius 3 is 2.39 bits per heavy atom. The van der Waals surface area contributed by atoms with Crippen molar-refractivity contribution in [2.45, 2.75) is 72.1 Å². The quantitative estimate of drug-likeness (QED) is 0.740. The number of nitrogens with one attached hydrogen (secondary N) is 1. The van der Waals surface area contributed by atoms with Crippen molar-refractivity contribution in [3.05, 3.63) is 35.1 Å². The molecule has 1 aliphatic rings. The lowest BCUT2D eigenvalue weighted by Gasteiger charge is -2.41. The van der Waals surface area contributed by atoms with Crippen LogP contribution in [0.1, 0.15) is 76.9 Å². The number of ether oxygens (including phenoxy) is 1. The molecule has 0 fully saturated rings. The fourth-order valence-electron chi connectivity index (χ4n) is 3.19. The van der Waals surface area contributed by atoms with Gasteiger partial charge in [0.1, 0.15) is 11.4 Å². The Kier molecular flexibility index (Phi) is 6.78. The van der Waals surface area contributed by atoms with E-state index in [1.165, 1.54) is 11.0 Å². The summed E-state index contributed by atoms with van der Waals surface area (Å²) in [6, 6.07) is 2.57. The van der Waals surface area contributed by atoms with Crippen LogP contribution in [0.4, 0.5) is 9.18 Å². The SMILES string of the molecule is CC(c1cc(F)cc(C(=O)O)c1)N1C(=O)CC(C)(C(C)C)N=C1NC(=O)OC(C)(C)C. The van der Waals surface area contributed by atoms with Crippen molar-refractivity contribution in [2.24, 2.45) is 10.9 Å². The predicted octanol–water partition coefficient (Wildman–Crippen LogP) is 4.11. The van der Waals surface area contributed by atoms with Crippen molar-refractivity contribution in [1.82, 2.24) is 10.2 Å². The Bertz CT molecular complexity index is 922. The van der Waals surface area contributed by atoms with Gasteiger partial charge in [-0.25, -0.2) is 19.0 Å². The van der Waals surface area contributed by atoms with E-state index in [1.54, 1.807) is 27.7 Å². The molecule has 1 aromatic rings. The molecule has 0 bridgehead atoms. The van der Waals surface area contributed by atoms with Gasteiger partial charge in [-0.3, -0.25) is 15.0 Å². The van der Waals surface area contributed by atoms with Crippen LogP contribution < -0.4 is 5.32 Å². The van der Waals surface area contributed by atoms with Gasteiger partial charge in [0.25, 0.3) is 0 Å². The summed E-state index contributed by atoms with van der Waals surface area (Å²) in [5.41, 5.74) is -1.50. The highest BCUT2D eigenvalue weighted by atomic mass is 19.1. The minimum absolute atomic E-state index is 0.00266. The number of nitrogens with zero attached hydrogens (tertiary/aromatic N) is 2. The number of carboxylic acids is 1. The van der Waals surface area contributed by atoms with E-state index in [1.807, 2.05) is 20.8 Å². The average Bonchev–Trinajstić information content (AvgIpc) is 2.58. The largest absolute Gasteiger partial charge is 0.478 e. The molecule has 0 saturated carbocycles. The van der Waals surface area contributed by atoms with E-state index in [4.69, 9.17) is 4.74 Å². The van der Waals surface area contributed by atoms with E-state index < -0.39 is 35.1 Å². The molecule has 1 aliphatic heterocycles. The smallest absolute Gasteiger partial charge is 0.414 e. The standard InChI is InChI=1S/C22H30FN3O5/c1-12(2)22(7)11-17(27)26(19(25-22)24-20(30)31-21(4,5)6)13(3)14-8-15(18(28)29)10-16(23)9-14/h8-10,12-13H,11H2,1-7H3,(H,28,29)(H,24,25,30). The number of alkyl carbamates (subject to hydrolysis) is 1. The molecule has 8 nitrogen and oxygen atoms in total. The summed E-state index contributed by atoms with van der Waals surface area (Å²) in [6.45, 7) is 12.4. The number of carboxylic acid groups (broad SMARTS) is 1. The lowest BCUT2D eigenvalue weighted by molar-refractivity contribution is -0.131. The summed E-state index contributed by atoms with van der Waals surface area (Å²) >= 11 is 0. The third-order valence-corrected chi connectivity index (χ3v) is 5.26. The Balaban J connectivity index is 2.50. The molecule has 1 heterocycles. The van der Waals surface area contributed by atoms with Gasteiger partial charge in [0.05, 0.1) is 23.6 Å². The zero-order chi connectivity index (χ0) is 23.7. The maximum absolute atomic E-state index is 14.0. The molecule has 0 spiro atoms. The number of benzene rings is 1. The first-order chi connectivity index (χ1) is 14.1. The topological polar surface area (TPSA) is 108 Å². The zero-order valence-corrected chi connectivity index (χ0v) is 18.9. The summed E-state index contributed by atoms with van der Waals surface area (Å²) in [6.07, 6.45) is -0.704. The van der Waals surface area contributed by atoms with Crippen molar-refractivity contribution in [3.8, 4) is 0 Å². The second-order valence-electron chi connectivity index (χ2n) is 9.27.